The molecule has 2 aromatic rings. The minimum absolute atomic E-state index is 0.942. The Morgan fingerprint density at radius 1 is 1.33 bits per heavy atom. The molecular weight excluding hydrogens is 182 g/mol. The van der Waals surface area contributed by atoms with Crippen molar-refractivity contribution in [3.05, 3.63) is 35.5 Å². The van der Waals surface area contributed by atoms with Crippen molar-refractivity contribution in [1.82, 2.24) is 4.98 Å². The SMILES string of the molecule is CC#CCCc1c[nH]c2c(C)cccc12. The maximum absolute atomic E-state index is 3.34. The Balaban J connectivity index is 2.35. The van der Waals surface area contributed by atoms with Gasteiger partial charge in [-0.3, -0.25) is 0 Å². The number of aromatic amines is 1. The van der Waals surface area contributed by atoms with Gasteiger partial charge in [0.15, 0.2) is 0 Å². The van der Waals surface area contributed by atoms with Crippen LogP contribution in [0.4, 0.5) is 0 Å². The number of rotatable bonds is 2. The number of aryl methyl sites for hydroxylation is 2. The fourth-order valence-electron chi connectivity index (χ4n) is 1.89. The van der Waals surface area contributed by atoms with E-state index >= 15 is 0 Å². The summed E-state index contributed by atoms with van der Waals surface area (Å²) in [4.78, 5) is 3.34. The summed E-state index contributed by atoms with van der Waals surface area (Å²) in [6.07, 6.45) is 4.08. The van der Waals surface area contributed by atoms with Crippen LogP contribution >= 0.6 is 0 Å². The Morgan fingerprint density at radius 2 is 2.20 bits per heavy atom. The lowest BCUT2D eigenvalue weighted by Crippen LogP contribution is -1.81. The molecule has 0 radical (unpaired) electrons. The third-order valence-corrected chi connectivity index (χ3v) is 2.71. The van der Waals surface area contributed by atoms with Gasteiger partial charge in [-0.2, -0.15) is 0 Å². The van der Waals surface area contributed by atoms with E-state index in [1.54, 1.807) is 0 Å². The lowest BCUT2D eigenvalue weighted by atomic mass is 10.1. The molecule has 0 bridgehead atoms. The maximum atomic E-state index is 3.34. The average Bonchev–Trinajstić information content (AvgIpc) is 2.64. The van der Waals surface area contributed by atoms with Crippen molar-refractivity contribution in [2.24, 2.45) is 0 Å². The molecule has 1 nitrogen and oxygen atoms in total. The van der Waals surface area contributed by atoms with Gasteiger partial charge in [-0.1, -0.05) is 18.2 Å². The van der Waals surface area contributed by atoms with Crippen molar-refractivity contribution in [2.75, 3.05) is 0 Å². The summed E-state index contributed by atoms with van der Waals surface area (Å²) in [6, 6.07) is 6.42. The number of benzene rings is 1. The second-order valence-corrected chi connectivity index (χ2v) is 3.74. The number of hydrogen-bond acceptors (Lipinski definition) is 0. The van der Waals surface area contributed by atoms with Crippen molar-refractivity contribution in [2.45, 2.75) is 26.7 Å². The topological polar surface area (TPSA) is 15.8 Å². The Kier molecular flexibility index (Phi) is 2.78. The molecule has 1 aromatic carbocycles. The van der Waals surface area contributed by atoms with Gasteiger partial charge in [0.2, 0.25) is 0 Å². The van der Waals surface area contributed by atoms with Gasteiger partial charge in [0.05, 0.1) is 0 Å². The third-order valence-electron chi connectivity index (χ3n) is 2.71. The minimum atomic E-state index is 0.942. The highest BCUT2D eigenvalue weighted by molar-refractivity contribution is 5.85. The lowest BCUT2D eigenvalue weighted by Gasteiger charge is -1.97. The van der Waals surface area contributed by atoms with Crippen LogP contribution in [-0.2, 0) is 6.42 Å². The standard InChI is InChI=1S/C14H15N/c1-3-4-5-8-12-10-15-14-11(2)7-6-9-13(12)14/h6-7,9-10,15H,5,8H2,1-2H3. The zero-order chi connectivity index (χ0) is 10.7. The molecule has 2 rings (SSSR count). The number of fused-ring (bicyclic) bond motifs is 1. The highest BCUT2D eigenvalue weighted by Crippen LogP contribution is 2.21. The van der Waals surface area contributed by atoms with Gasteiger partial charge in [0.1, 0.15) is 0 Å². The molecule has 0 amide bonds. The van der Waals surface area contributed by atoms with Crippen LogP contribution in [0.3, 0.4) is 0 Å². The molecule has 0 fully saturated rings. The first kappa shape index (κ1) is 9.86. The van der Waals surface area contributed by atoms with E-state index in [0.29, 0.717) is 0 Å². The second kappa shape index (κ2) is 4.23. The zero-order valence-corrected chi connectivity index (χ0v) is 9.22. The number of aromatic nitrogens is 1. The molecule has 15 heavy (non-hydrogen) atoms. The molecule has 1 heterocycles. The van der Waals surface area contributed by atoms with Crippen LogP contribution < -0.4 is 0 Å². The third kappa shape index (κ3) is 1.89. The summed E-state index contributed by atoms with van der Waals surface area (Å²) >= 11 is 0. The van der Waals surface area contributed by atoms with E-state index < -0.39 is 0 Å². The van der Waals surface area contributed by atoms with Crippen LogP contribution in [0.5, 0.6) is 0 Å². The molecule has 1 heteroatoms. The molecule has 0 aliphatic carbocycles. The van der Waals surface area contributed by atoms with E-state index in [-0.39, 0.29) is 0 Å². The van der Waals surface area contributed by atoms with E-state index in [2.05, 4.69) is 48.1 Å². The predicted octanol–water partition coefficient (Wildman–Crippen LogP) is 3.43. The van der Waals surface area contributed by atoms with Crippen molar-refractivity contribution < 1.29 is 0 Å². The smallest absolute Gasteiger partial charge is 0.0486 e. The van der Waals surface area contributed by atoms with Crippen LogP contribution in [0.1, 0.15) is 24.5 Å². The van der Waals surface area contributed by atoms with Gasteiger partial charge in [-0.05, 0) is 31.4 Å². The first-order chi connectivity index (χ1) is 7.33. The summed E-state index contributed by atoms with van der Waals surface area (Å²) in [5, 5.41) is 1.34. The van der Waals surface area contributed by atoms with Gasteiger partial charge < -0.3 is 4.98 Å². The monoisotopic (exact) mass is 197 g/mol. The van der Waals surface area contributed by atoms with Gasteiger partial charge in [-0.15, -0.1) is 11.8 Å². The van der Waals surface area contributed by atoms with Crippen molar-refractivity contribution in [3.8, 4) is 11.8 Å². The van der Waals surface area contributed by atoms with Crippen molar-refractivity contribution >= 4 is 10.9 Å². The van der Waals surface area contributed by atoms with E-state index in [9.17, 15) is 0 Å². The minimum Gasteiger partial charge on any atom is -0.361 e. The summed E-state index contributed by atoms with van der Waals surface area (Å²) in [6.45, 7) is 4.02. The number of H-pyrrole nitrogens is 1. The summed E-state index contributed by atoms with van der Waals surface area (Å²) in [5.74, 6) is 6.03. The quantitative estimate of drug-likeness (QED) is 0.710. The molecule has 0 unspecified atom stereocenters. The van der Waals surface area contributed by atoms with Crippen LogP contribution in [-0.4, -0.2) is 4.98 Å². The molecule has 1 N–H and O–H groups in total. The second-order valence-electron chi connectivity index (χ2n) is 3.74. The Morgan fingerprint density at radius 3 is 3.00 bits per heavy atom. The first-order valence-corrected chi connectivity index (χ1v) is 5.28. The normalized spacial score (nSPS) is 10.0. The Hall–Kier alpha value is -1.68. The van der Waals surface area contributed by atoms with E-state index in [0.717, 1.165) is 12.8 Å². The summed E-state index contributed by atoms with van der Waals surface area (Å²) in [5.41, 5.74) is 3.94. The number of hydrogen-bond donors (Lipinski definition) is 1. The van der Waals surface area contributed by atoms with Crippen molar-refractivity contribution in [3.63, 3.8) is 0 Å². The fraction of sp³-hybridized carbons (Fsp3) is 0.286. The van der Waals surface area contributed by atoms with Gasteiger partial charge in [-0.25, -0.2) is 0 Å². The highest BCUT2D eigenvalue weighted by Gasteiger charge is 2.03. The van der Waals surface area contributed by atoms with E-state index in [1.165, 1.54) is 22.0 Å². The molecule has 0 saturated carbocycles. The largest absolute Gasteiger partial charge is 0.361 e. The number of para-hydroxylation sites is 1. The van der Waals surface area contributed by atoms with Crippen LogP contribution in [0.25, 0.3) is 10.9 Å². The fourth-order valence-corrected chi connectivity index (χ4v) is 1.89. The van der Waals surface area contributed by atoms with Gasteiger partial charge in [0.25, 0.3) is 0 Å². The van der Waals surface area contributed by atoms with Gasteiger partial charge in [0, 0.05) is 23.5 Å². The molecule has 0 atom stereocenters. The molecule has 0 aliphatic heterocycles. The van der Waals surface area contributed by atoms with Crippen molar-refractivity contribution in [1.29, 1.82) is 0 Å². The van der Waals surface area contributed by atoms with Crippen LogP contribution in [0, 0.1) is 18.8 Å². The predicted molar refractivity (Wildman–Crippen MR) is 64.8 cm³/mol. The Bertz CT molecular complexity index is 523. The molecule has 0 saturated heterocycles. The lowest BCUT2D eigenvalue weighted by molar-refractivity contribution is 1.04. The molecule has 1 aromatic heterocycles. The highest BCUT2D eigenvalue weighted by atomic mass is 14.7. The van der Waals surface area contributed by atoms with Gasteiger partial charge >= 0.3 is 0 Å². The van der Waals surface area contributed by atoms with E-state index in [4.69, 9.17) is 0 Å². The first-order valence-electron chi connectivity index (χ1n) is 5.28. The molecular formula is C14H15N. The van der Waals surface area contributed by atoms with Crippen LogP contribution in [0.15, 0.2) is 24.4 Å². The summed E-state index contributed by atoms with van der Waals surface area (Å²) in [7, 11) is 0. The van der Waals surface area contributed by atoms with E-state index in [1.807, 2.05) is 6.92 Å². The average molecular weight is 197 g/mol. The summed E-state index contributed by atoms with van der Waals surface area (Å²) < 4.78 is 0. The number of nitrogens with one attached hydrogen (secondary N) is 1. The molecule has 0 aliphatic rings. The Labute approximate surface area is 90.5 Å². The molecule has 0 spiro atoms. The molecule has 76 valence electrons. The zero-order valence-electron chi connectivity index (χ0n) is 9.22. The maximum Gasteiger partial charge on any atom is 0.0486 e. The van der Waals surface area contributed by atoms with Crippen LogP contribution in [0.2, 0.25) is 0 Å².